The minimum atomic E-state index is -3.57. The summed E-state index contributed by atoms with van der Waals surface area (Å²) < 4.78 is 25.0. The van der Waals surface area contributed by atoms with Crippen LogP contribution in [0.3, 0.4) is 0 Å². The topological polar surface area (TPSA) is 79.4 Å². The Morgan fingerprint density at radius 2 is 1.90 bits per heavy atom. The van der Waals surface area contributed by atoms with E-state index in [1.54, 1.807) is 30.6 Å². The van der Waals surface area contributed by atoms with E-state index in [-0.39, 0.29) is 10.5 Å². The van der Waals surface area contributed by atoms with Crippen LogP contribution in [0, 0.1) is 0 Å². The predicted molar refractivity (Wildman–Crippen MR) is 119 cm³/mol. The number of likely N-dealkylation sites (tertiary alicyclic amines) is 1. The molecule has 1 amide bonds. The summed E-state index contributed by atoms with van der Waals surface area (Å²) in [5.74, 6) is -0.126. The molecule has 0 saturated carbocycles. The standard InChI is InChI=1S/C23H25N3O3S/c1-26-12-9-16(10-13-26)17-6-7-20(22(14-17)30(2,28)29)23(27)25-21-5-3-4-18-15-24-11-8-19(18)21/h3-8,11,14-16H,9-10,12-13H2,1-2H3,(H,25,27). The third kappa shape index (κ3) is 4.22. The van der Waals surface area contributed by atoms with Gasteiger partial charge in [0.15, 0.2) is 9.84 Å². The molecule has 1 fully saturated rings. The quantitative estimate of drug-likeness (QED) is 0.692. The van der Waals surface area contributed by atoms with Gasteiger partial charge in [0.05, 0.1) is 10.5 Å². The Bertz CT molecular complexity index is 1190. The number of hydrogen-bond acceptors (Lipinski definition) is 5. The second-order valence-electron chi connectivity index (χ2n) is 7.96. The zero-order valence-corrected chi connectivity index (χ0v) is 17.9. The smallest absolute Gasteiger partial charge is 0.257 e. The number of hydrogen-bond donors (Lipinski definition) is 1. The number of carbonyl (C=O) groups is 1. The number of carbonyl (C=O) groups excluding carboxylic acids is 1. The molecule has 1 saturated heterocycles. The number of pyridine rings is 1. The summed E-state index contributed by atoms with van der Waals surface area (Å²) in [6, 6.07) is 12.6. The number of rotatable bonds is 4. The predicted octanol–water partition coefficient (Wildman–Crippen LogP) is 3.70. The van der Waals surface area contributed by atoms with E-state index in [2.05, 4.69) is 22.2 Å². The Labute approximate surface area is 176 Å². The highest BCUT2D eigenvalue weighted by Crippen LogP contribution is 2.31. The third-order valence-corrected chi connectivity index (χ3v) is 6.91. The maximum Gasteiger partial charge on any atom is 0.257 e. The van der Waals surface area contributed by atoms with Gasteiger partial charge < -0.3 is 10.2 Å². The highest BCUT2D eigenvalue weighted by Gasteiger charge is 2.24. The molecule has 0 radical (unpaired) electrons. The molecular weight excluding hydrogens is 398 g/mol. The molecule has 0 aliphatic carbocycles. The first kappa shape index (κ1) is 20.5. The SMILES string of the molecule is CN1CCC(c2ccc(C(=O)Nc3cccc4cnccc34)c(S(C)(=O)=O)c2)CC1. The zero-order chi connectivity index (χ0) is 21.3. The second-order valence-corrected chi connectivity index (χ2v) is 9.95. The van der Waals surface area contributed by atoms with Crippen molar-refractivity contribution in [2.75, 3.05) is 31.7 Å². The van der Waals surface area contributed by atoms with Gasteiger partial charge in [-0.05, 0) is 68.7 Å². The van der Waals surface area contributed by atoms with Crippen molar-refractivity contribution >= 4 is 32.2 Å². The minimum Gasteiger partial charge on any atom is -0.321 e. The molecule has 4 rings (SSSR count). The number of fused-ring (bicyclic) bond motifs is 1. The van der Waals surface area contributed by atoms with Crippen LogP contribution in [0.4, 0.5) is 5.69 Å². The van der Waals surface area contributed by atoms with Crippen LogP contribution < -0.4 is 5.32 Å². The Hall–Kier alpha value is -2.77. The van der Waals surface area contributed by atoms with Crippen LogP contribution in [0.1, 0.15) is 34.7 Å². The molecule has 1 aliphatic rings. The van der Waals surface area contributed by atoms with Crippen LogP contribution in [0.5, 0.6) is 0 Å². The normalized spacial score (nSPS) is 15.9. The van der Waals surface area contributed by atoms with E-state index in [0.717, 1.165) is 48.5 Å². The van der Waals surface area contributed by atoms with Gasteiger partial charge in [-0.1, -0.05) is 18.2 Å². The van der Waals surface area contributed by atoms with Crippen molar-refractivity contribution in [3.63, 3.8) is 0 Å². The van der Waals surface area contributed by atoms with Gasteiger partial charge in [0.25, 0.3) is 5.91 Å². The Morgan fingerprint density at radius 3 is 2.63 bits per heavy atom. The molecule has 6 nitrogen and oxygen atoms in total. The first-order chi connectivity index (χ1) is 14.3. The molecular formula is C23H25N3O3S. The van der Waals surface area contributed by atoms with E-state index in [0.29, 0.717) is 11.6 Å². The maximum absolute atomic E-state index is 13.1. The number of sulfone groups is 1. The maximum atomic E-state index is 13.1. The third-order valence-electron chi connectivity index (χ3n) is 5.77. The summed E-state index contributed by atoms with van der Waals surface area (Å²) in [5.41, 5.74) is 1.77. The molecule has 1 N–H and O–H groups in total. The summed E-state index contributed by atoms with van der Waals surface area (Å²) in [6.45, 7) is 1.97. The molecule has 7 heteroatoms. The van der Waals surface area contributed by atoms with E-state index in [4.69, 9.17) is 0 Å². The molecule has 30 heavy (non-hydrogen) atoms. The van der Waals surface area contributed by atoms with Crippen molar-refractivity contribution < 1.29 is 13.2 Å². The highest BCUT2D eigenvalue weighted by molar-refractivity contribution is 7.90. The van der Waals surface area contributed by atoms with Crippen LogP contribution in [-0.4, -0.2) is 50.6 Å². The summed E-state index contributed by atoms with van der Waals surface area (Å²) in [7, 11) is -1.47. The van der Waals surface area contributed by atoms with Crippen LogP contribution in [0.15, 0.2) is 59.8 Å². The Balaban J connectivity index is 1.68. The van der Waals surface area contributed by atoms with Gasteiger partial charge in [-0.3, -0.25) is 9.78 Å². The molecule has 1 aromatic heterocycles. The molecule has 156 valence electrons. The van der Waals surface area contributed by atoms with Gasteiger partial charge in [-0.2, -0.15) is 0 Å². The monoisotopic (exact) mass is 423 g/mol. The largest absolute Gasteiger partial charge is 0.321 e. The number of nitrogens with zero attached hydrogens (tertiary/aromatic N) is 2. The second kappa shape index (κ2) is 8.16. The molecule has 2 heterocycles. The first-order valence-electron chi connectivity index (χ1n) is 9.99. The number of nitrogens with one attached hydrogen (secondary N) is 1. The number of piperidine rings is 1. The number of anilines is 1. The lowest BCUT2D eigenvalue weighted by molar-refractivity contribution is 0.102. The molecule has 0 bridgehead atoms. The van der Waals surface area contributed by atoms with E-state index >= 15 is 0 Å². The minimum absolute atomic E-state index is 0.0818. The average molecular weight is 424 g/mol. The van der Waals surface area contributed by atoms with E-state index in [1.165, 1.54) is 0 Å². The fourth-order valence-corrected chi connectivity index (χ4v) is 4.96. The van der Waals surface area contributed by atoms with Crippen LogP contribution in [0.2, 0.25) is 0 Å². The van der Waals surface area contributed by atoms with E-state index in [1.807, 2.05) is 24.3 Å². The van der Waals surface area contributed by atoms with Gasteiger partial charge in [0.1, 0.15) is 0 Å². The van der Waals surface area contributed by atoms with Crippen LogP contribution >= 0.6 is 0 Å². The number of aromatic nitrogens is 1. The van der Waals surface area contributed by atoms with E-state index < -0.39 is 15.7 Å². The molecule has 2 aromatic carbocycles. The Kier molecular flexibility index (Phi) is 5.58. The van der Waals surface area contributed by atoms with Gasteiger partial charge in [0, 0.05) is 35.1 Å². The average Bonchev–Trinajstić information content (AvgIpc) is 2.73. The first-order valence-corrected chi connectivity index (χ1v) is 11.9. The zero-order valence-electron chi connectivity index (χ0n) is 17.1. The van der Waals surface area contributed by atoms with Crippen molar-refractivity contribution in [3.8, 4) is 0 Å². The van der Waals surface area contributed by atoms with Crippen molar-refractivity contribution in [1.29, 1.82) is 0 Å². The summed E-state index contributed by atoms with van der Waals surface area (Å²) >= 11 is 0. The molecule has 0 atom stereocenters. The Morgan fingerprint density at radius 1 is 1.13 bits per heavy atom. The molecule has 1 aliphatic heterocycles. The van der Waals surface area contributed by atoms with Gasteiger partial charge in [-0.15, -0.1) is 0 Å². The lowest BCUT2D eigenvalue weighted by Crippen LogP contribution is -2.29. The van der Waals surface area contributed by atoms with Crippen molar-refractivity contribution in [1.82, 2.24) is 9.88 Å². The van der Waals surface area contributed by atoms with Gasteiger partial charge >= 0.3 is 0 Å². The molecule has 0 unspecified atom stereocenters. The van der Waals surface area contributed by atoms with Crippen molar-refractivity contribution in [2.45, 2.75) is 23.7 Å². The fraction of sp³-hybridized carbons (Fsp3) is 0.304. The number of amides is 1. The van der Waals surface area contributed by atoms with Crippen LogP contribution in [-0.2, 0) is 9.84 Å². The van der Waals surface area contributed by atoms with Crippen molar-refractivity contribution in [3.05, 3.63) is 66.0 Å². The van der Waals surface area contributed by atoms with Crippen molar-refractivity contribution in [2.24, 2.45) is 0 Å². The number of benzene rings is 2. The van der Waals surface area contributed by atoms with Gasteiger partial charge in [-0.25, -0.2) is 8.42 Å². The van der Waals surface area contributed by atoms with E-state index in [9.17, 15) is 13.2 Å². The summed E-state index contributed by atoms with van der Waals surface area (Å²) in [6.07, 6.45) is 6.51. The summed E-state index contributed by atoms with van der Waals surface area (Å²) in [5, 5.41) is 4.63. The van der Waals surface area contributed by atoms with Crippen LogP contribution in [0.25, 0.3) is 10.8 Å². The van der Waals surface area contributed by atoms with Gasteiger partial charge in [0.2, 0.25) is 0 Å². The molecule has 0 spiro atoms. The highest BCUT2D eigenvalue weighted by atomic mass is 32.2. The fourth-order valence-electron chi connectivity index (χ4n) is 4.05. The lowest BCUT2D eigenvalue weighted by atomic mass is 9.89. The molecule has 3 aromatic rings. The lowest BCUT2D eigenvalue weighted by Gasteiger charge is -2.29. The summed E-state index contributed by atoms with van der Waals surface area (Å²) in [4.78, 5) is 19.5.